The first-order valence-electron chi connectivity index (χ1n) is 5.69. The Bertz CT molecular complexity index is 485. The molecular formula is C11H13N3O4. The summed E-state index contributed by atoms with van der Waals surface area (Å²) in [5.41, 5.74) is -0.831. The highest BCUT2D eigenvalue weighted by atomic mass is 16.6. The van der Waals surface area contributed by atoms with Gasteiger partial charge in [-0.2, -0.15) is 0 Å². The van der Waals surface area contributed by atoms with Crippen LogP contribution in [0.1, 0.15) is 29.6 Å². The van der Waals surface area contributed by atoms with Gasteiger partial charge in [0.2, 0.25) is 0 Å². The molecule has 0 amide bonds. The van der Waals surface area contributed by atoms with E-state index in [0.717, 1.165) is 25.6 Å². The number of carboxylic acids is 1. The third kappa shape index (κ3) is 2.55. The van der Waals surface area contributed by atoms with Crippen LogP contribution in [-0.4, -0.2) is 27.5 Å². The second-order valence-electron chi connectivity index (χ2n) is 4.33. The van der Waals surface area contributed by atoms with E-state index in [9.17, 15) is 14.9 Å². The lowest BCUT2D eigenvalue weighted by atomic mass is 9.85. The molecule has 1 aliphatic carbocycles. The van der Waals surface area contributed by atoms with Gasteiger partial charge in [-0.15, -0.1) is 0 Å². The summed E-state index contributed by atoms with van der Waals surface area (Å²) in [6.45, 7) is 0.726. The minimum absolute atomic E-state index is 0.342. The zero-order chi connectivity index (χ0) is 13.1. The quantitative estimate of drug-likeness (QED) is 0.611. The van der Waals surface area contributed by atoms with E-state index in [0.29, 0.717) is 11.7 Å². The van der Waals surface area contributed by atoms with Gasteiger partial charge in [0.1, 0.15) is 17.6 Å². The van der Waals surface area contributed by atoms with Crippen molar-refractivity contribution in [2.75, 3.05) is 11.9 Å². The summed E-state index contributed by atoms with van der Waals surface area (Å²) in [4.78, 5) is 24.7. The standard InChI is InChI=1S/C11H13N3O4/c15-11(16)8-4-10(12-5-7-2-1-3-7)13-6-9(8)14(17)18/h4,6-7H,1-3,5H2,(H,12,13)(H,15,16). The second kappa shape index (κ2) is 4.99. The van der Waals surface area contributed by atoms with Crippen molar-refractivity contribution in [3.63, 3.8) is 0 Å². The van der Waals surface area contributed by atoms with Gasteiger partial charge in [0.25, 0.3) is 0 Å². The first-order chi connectivity index (χ1) is 8.58. The lowest BCUT2D eigenvalue weighted by Gasteiger charge is -2.25. The molecule has 0 atom stereocenters. The summed E-state index contributed by atoms with van der Waals surface area (Å²) in [5, 5.41) is 22.6. The Kier molecular flexibility index (Phi) is 3.40. The lowest BCUT2D eigenvalue weighted by Crippen LogP contribution is -2.21. The Hall–Kier alpha value is -2.18. The minimum Gasteiger partial charge on any atom is -0.477 e. The number of carbonyl (C=O) groups is 1. The zero-order valence-electron chi connectivity index (χ0n) is 9.63. The molecule has 1 aliphatic rings. The van der Waals surface area contributed by atoms with Crippen LogP contribution < -0.4 is 5.32 Å². The number of nitro groups is 1. The molecule has 0 bridgehead atoms. The monoisotopic (exact) mass is 251 g/mol. The first-order valence-corrected chi connectivity index (χ1v) is 5.69. The van der Waals surface area contributed by atoms with E-state index in [4.69, 9.17) is 5.11 Å². The van der Waals surface area contributed by atoms with Crippen LogP contribution >= 0.6 is 0 Å². The predicted molar refractivity (Wildman–Crippen MR) is 63.7 cm³/mol. The Morgan fingerprint density at radius 1 is 1.61 bits per heavy atom. The molecule has 0 aliphatic heterocycles. The van der Waals surface area contributed by atoms with E-state index in [2.05, 4.69) is 10.3 Å². The van der Waals surface area contributed by atoms with E-state index in [-0.39, 0.29) is 5.56 Å². The highest BCUT2D eigenvalue weighted by Crippen LogP contribution is 2.27. The molecule has 1 fully saturated rings. The number of rotatable bonds is 5. The maximum Gasteiger partial charge on any atom is 0.342 e. The van der Waals surface area contributed by atoms with Crippen molar-refractivity contribution >= 4 is 17.5 Å². The van der Waals surface area contributed by atoms with Crippen LogP contribution in [0.15, 0.2) is 12.3 Å². The van der Waals surface area contributed by atoms with Gasteiger partial charge in [-0.1, -0.05) is 6.42 Å². The van der Waals surface area contributed by atoms with Gasteiger partial charge in [0.15, 0.2) is 0 Å². The maximum atomic E-state index is 10.9. The largest absolute Gasteiger partial charge is 0.477 e. The molecule has 0 aromatic carbocycles. The van der Waals surface area contributed by atoms with Crippen molar-refractivity contribution in [1.82, 2.24) is 4.98 Å². The zero-order valence-corrected chi connectivity index (χ0v) is 9.63. The molecule has 0 unspecified atom stereocenters. The number of aromatic nitrogens is 1. The molecule has 1 aromatic rings. The van der Waals surface area contributed by atoms with Crippen molar-refractivity contribution in [2.24, 2.45) is 5.92 Å². The molecule has 0 saturated heterocycles. The molecule has 1 saturated carbocycles. The molecule has 96 valence electrons. The number of hydrogen-bond acceptors (Lipinski definition) is 5. The van der Waals surface area contributed by atoms with Crippen LogP contribution in [-0.2, 0) is 0 Å². The van der Waals surface area contributed by atoms with Crippen LogP contribution in [0.25, 0.3) is 0 Å². The molecule has 7 heteroatoms. The SMILES string of the molecule is O=C(O)c1cc(NCC2CCC2)ncc1[N+](=O)[O-]. The number of nitrogens with one attached hydrogen (secondary N) is 1. The fraction of sp³-hybridized carbons (Fsp3) is 0.455. The first kappa shape index (κ1) is 12.3. The van der Waals surface area contributed by atoms with Crippen LogP contribution in [0, 0.1) is 16.0 Å². The lowest BCUT2D eigenvalue weighted by molar-refractivity contribution is -0.385. The molecule has 7 nitrogen and oxygen atoms in total. The Morgan fingerprint density at radius 2 is 2.33 bits per heavy atom. The van der Waals surface area contributed by atoms with Gasteiger partial charge in [-0.05, 0) is 18.8 Å². The van der Waals surface area contributed by atoms with Gasteiger partial charge in [-0.3, -0.25) is 10.1 Å². The third-order valence-electron chi connectivity index (χ3n) is 3.11. The topological polar surface area (TPSA) is 105 Å². The highest BCUT2D eigenvalue weighted by Gasteiger charge is 2.22. The van der Waals surface area contributed by atoms with Crippen LogP contribution in [0.5, 0.6) is 0 Å². The number of nitrogens with zero attached hydrogens (tertiary/aromatic N) is 2. The van der Waals surface area contributed by atoms with E-state index in [1.54, 1.807) is 0 Å². The summed E-state index contributed by atoms with van der Waals surface area (Å²) in [6.07, 6.45) is 4.52. The molecular weight excluding hydrogens is 238 g/mol. The molecule has 0 spiro atoms. The van der Waals surface area contributed by atoms with E-state index < -0.39 is 16.6 Å². The summed E-state index contributed by atoms with van der Waals surface area (Å²) >= 11 is 0. The van der Waals surface area contributed by atoms with E-state index in [1.807, 2.05) is 0 Å². The Labute approximate surface area is 103 Å². The number of carboxylic acid groups (broad SMARTS) is 1. The number of anilines is 1. The number of aromatic carboxylic acids is 1. The van der Waals surface area contributed by atoms with Gasteiger partial charge >= 0.3 is 11.7 Å². The molecule has 1 aromatic heterocycles. The minimum atomic E-state index is -1.32. The fourth-order valence-electron chi connectivity index (χ4n) is 1.81. The van der Waals surface area contributed by atoms with Crippen LogP contribution in [0.2, 0.25) is 0 Å². The van der Waals surface area contributed by atoms with Crippen molar-refractivity contribution < 1.29 is 14.8 Å². The van der Waals surface area contributed by atoms with Gasteiger partial charge < -0.3 is 10.4 Å². The van der Waals surface area contributed by atoms with Crippen molar-refractivity contribution in [3.05, 3.63) is 27.9 Å². The van der Waals surface area contributed by atoms with E-state index >= 15 is 0 Å². The van der Waals surface area contributed by atoms with Gasteiger partial charge in [0.05, 0.1) is 4.92 Å². The molecule has 1 heterocycles. The molecule has 18 heavy (non-hydrogen) atoms. The normalized spacial score (nSPS) is 14.9. The van der Waals surface area contributed by atoms with Gasteiger partial charge in [-0.25, -0.2) is 9.78 Å². The average molecular weight is 251 g/mol. The molecule has 2 N–H and O–H groups in total. The summed E-state index contributed by atoms with van der Waals surface area (Å²) < 4.78 is 0. The van der Waals surface area contributed by atoms with Crippen LogP contribution in [0.3, 0.4) is 0 Å². The molecule has 0 radical (unpaired) electrons. The maximum absolute atomic E-state index is 10.9. The average Bonchev–Trinajstić information content (AvgIpc) is 2.26. The Balaban J connectivity index is 2.14. The van der Waals surface area contributed by atoms with Crippen molar-refractivity contribution in [3.8, 4) is 0 Å². The fourth-order valence-corrected chi connectivity index (χ4v) is 1.81. The second-order valence-corrected chi connectivity index (χ2v) is 4.33. The van der Waals surface area contributed by atoms with E-state index in [1.165, 1.54) is 12.5 Å². The predicted octanol–water partition coefficient (Wildman–Crippen LogP) is 1.90. The van der Waals surface area contributed by atoms with Crippen molar-refractivity contribution in [2.45, 2.75) is 19.3 Å². The number of pyridine rings is 1. The summed E-state index contributed by atoms with van der Waals surface area (Å²) in [6, 6.07) is 1.21. The van der Waals surface area contributed by atoms with Gasteiger partial charge in [0, 0.05) is 12.6 Å². The van der Waals surface area contributed by atoms with Crippen LogP contribution in [0.4, 0.5) is 11.5 Å². The third-order valence-corrected chi connectivity index (χ3v) is 3.11. The summed E-state index contributed by atoms with van der Waals surface area (Å²) in [5.74, 6) is -0.365. The Morgan fingerprint density at radius 3 is 2.83 bits per heavy atom. The summed E-state index contributed by atoms with van der Waals surface area (Å²) in [7, 11) is 0. The highest BCUT2D eigenvalue weighted by molar-refractivity contribution is 5.93. The molecule has 2 rings (SSSR count). The van der Waals surface area contributed by atoms with Crippen molar-refractivity contribution in [1.29, 1.82) is 0 Å². The smallest absolute Gasteiger partial charge is 0.342 e. The number of hydrogen-bond donors (Lipinski definition) is 2.